The van der Waals surface area contributed by atoms with E-state index in [1.807, 2.05) is 24.4 Å². The Balaban J connectivity index is 2.00. The molecule has 2 heterocycles. The first-order valence-corrected chi connectivity index (χ1v) is 4.90. The fraction of sp³-hybridized carbons (Fsp3) is 0.182. The largest absolute Gasteiger partial charge is 0.369 e. The van der Waals surface area contributed by atoms with Gasteiger partial charge in [0.1, 0.15) is 5.15 Å². The van der Waals surface area contributed by atoms with Crippen molar-refractivity contribution >= 4 is 11.6 Å². The molecule has 0 saturated carbocycles. The van der Waals surface area contributed by atoms with Crippen LogP contribution in [-0.2, 0) is 6.54 Å². The van der Waals surface area contributed by atoms with Crippen molar-refractivity contribution in [2.75, 3.05) is 6.54 Å². The van der Waals surface area contributed by atoms with Gasteiger partial charge in [-0.05, 0) is 23.9 Å². The third-order valence-electron chi connectivity index (χ3n) is 2.06. The quantitative estimate of drug-likeness (QED) is 0.692. The molecule has 0 aliphatic carbocycles. The van der Waals surface area contributed by atoms with Crippen molar-refractivity contribution in [2.24, 2.45) is 0 Å². The molecule has 14 heavy (non-hydrogen) atoms. The van der Waals surface area contributed by atoms with Crippen LogP contribution in [0.5, 0.6) is 0 Å². The first-order chi connectivity index (χ1) is 6.84. The molecule has 0 bridgehead atoms. The van der Waals surface area contributed by atoms with Crippen LogP contribution in [0, 0.1) is 0 Å². The Morgan fingerprint density at radius 1 is 1.36 bits per heavy atom. The average Bonchev–Trinajstić information content (AvgIpc) is 2.23. The summed E-state index contributed by atoms with van der Waals surface area (Å²) in [4.78, 5) is 6.25. The summed E-state index contributed by atoms with van der Waals surface area (Å²) in [5.74, 6) is 0. The summed E-state index contributed by atoms with van der Waals surface area (Å²) in [5, 5.41) is 0.544. The summed E-state index contributed by atoms with van der Waals surface area (Å²) < 4.78 is 0. The lowest BCUT2D eigenvalue weighted by Gasteiger charge is -2.20. The van der Waals surface area contributed by atoms with E-state index in [2.05, 4.69) is 28.2 Å². The highest BCUT2D eigenvalue weighted by Gasteiger charge is 2.01. The lowest BCUT2D eigenvalue weighted by molar-refractivity contribution is 0.405. The Labute approximate surface area is 88.5 Å². The summed E-state index contributed by atoms with van der Waals surface area (Å²) >= 11 is 5.70. The molecule has 0 atom stereocenters. The van der Waals surface area contributed by atoms with Gasteiger partial charge in [-0.25, -0.2) is 4.98 Å². The van der Waals surface area contributed by atoms with Gasteiger partial charge in [-0.2, -0.15) is 0 Å². The molecule has 0 saturated heterocycles. The van der Waals surface area contributed by atoms with Gasteiger partial charge < -0.3 is 4.90 Å². The normalized spacial score (nSPS) is 14.8. The number of allylic oxidation sites excluding steroid dienone is 2. The predicted octanol–water partition coefficient (Wildman–Crippen LogP) is 2.62. The van der Waals surface area contributed by atoms with Crippen LogP contribution in [0.15, 0.2) is 42.8 Å². The highest BCUT2D eigenvalue weighted by Crippen LogP contribution is 2.09. The second-order valence-electron chi connectivity index (χ2n) is 3.19. The van der Waals surface area contributed by atoms with Crippen LogP contribution in [0.25, 0.3) is 0 Å². The third kappa shape index (κ3) is 2.36. The number of nitrogens with zero attached hydrogens (tertiary/aromatic N) is 2. The monoisotopic (exact) mass is 206 g/mol. The number of halogens is 1. The van der Waals surface area contributed by atoms with Gasteiger partial charge in [0, 0.05) is 19.3 Å². The van der Waals surface area contributed by atoms with Crippen LogP contribution in [0.4, 0.5) is 0 Å². The van der Waals surface area contributed by atoms with Crippen molar-refractivity contribution in [1.29, 1.82) is 0 Å². The standard InChI is InChI=1S/C11H11ClN2/c12-11-5-4-10(8-13-11)9-14-6-2-1-3-7-14/h1-6,8H,7,9H2. The second-order valence-corrected chi connectivity index (χ2v) is 3.58. The van der Waals surface area contributed by atoms with Crippen LogP contribution >= 0.6 is 11.6 Å². The maximum absolute atomic E-state index is 5.70. The zero-order valence-corrected chi connectivity index (χ0v) is 8.48. The molecule has 0 aromatic carbocycles. The molecule has 1 aromatic rings. The molecule has 72 valence electrons. The molecule has 1 aromatic heterocycles. The maximum atomic E-state index is 5.70. The third-order valence-corrected chi connectivity index (χ3v) is 2.28. The molecule has 1 aliphatic heterocycles. The van der Waals surface area contributed by atoms with Gasteiger partial charge in [-0.3, -0.25) is 0 Å². The molecule has 0 radical (unpaired) electrons. The van der Waals surface area contributed by atoms with Crippen LogP contribution in [0.2, 0.25) is 5.15 Å². The molecule has 0 spiro atoms. The molecule has 0 amide bonds. The minimum atomic E-state index is 0.544. The van der Waals surface area contributed by atoms with Gasteiger partial charge >= 0.3 is 0 Å². The molecule has 3 heteroatoms. The summed E-state index contributed by atoms with van der Waals surface area (Å²) in [6.07, 6.45) is 10.1. The van der Waals surface area contributed by atoms with E-state index in [1.54, 1.807) is 0 Å². The van der Waals surface area contributed by atoms with Crippen molar-refractivity contribution in [3.63, 3.8) is 0 Å². The number of hydrogen-bond donors (Lipinski definition) is 0. The summed E-state index contributed by atoms with van der Waals surface area (Å²) in [5.41, 5.74) is 1.18. The molecule has 0 N–H and O–H groups in total. The second kappa shape index (κ2) is 4.29. The summed E-state index contributed by atoms with van der Waals surface area (Å²) in [7, 11) is 0. The Morgan fingerprint density at radius 2 is 2.29 bits per heavy atom. The minimum Gasteiger partial charge on any atom is -0.369 e. The minimum absolute atomic E-state index is 0.544. The first kappa shape index (κ1) is 9.28. The lowest BCUT2D eigenvalue weighted by atomic mass is 10.2. The van der Waals surface area contributed by atoms with Crippen molar-refractivity contribution in [2.45, 2.75) is 6.54 Å². The van der Waals surface area contributed by atoms with Crippen LogP contribution in [0.3, 0.4) is 0 Å². The fourth-order valence-electron chi connectivity index (χ4n) is 1.36. The molecular weight excluding hydrogens is 196 g/mol. The Kier molecular flexibility index (Phi) is 2.84. The average molecular weight is 207 g/mol. The van der Waals surface area contributed by atoms with E-state index in [0.29, 0.717) is 5.15 Å². The SMILES string of the molecule is Clc1ccc(CN2C=CC=CC2)cn1. The van der Waals surface area contributed by atoms with Gasteiger partial charge in [0.15, 0.2) is 0 Å². The van der Waals surface area contributed by atoms with E-state index in [4.69, 9.17) is 11.6 Å². The van der Waals surface area contributed by atoms with Crippen molar-refractivity contribution in [1.82, 2.24) is 9.88 Å². The molecule has 1 aliphatic rings. The molecule has 0 unspecified atom stereocenters. The van der Waals surface area contributed by atoms with Gasteiger partial charge in [-0.1, -0.05) is 29.8 Å². The number of rotatable bonds is 2. The zero-order valence-electron chi connectivity index (χ0n) is 7.73. The zero-order chi connectivity index (χ0) is 9.80. The lowest BCUT2D eigenvalue weighted by Crippen LogP contribution is -2.18. The summed E-state index contributed by atoms with van der Waals surface area (Å²) in [6.45, 7) is 1.84. The summed E-state index contributed by atoms with van der Waals surface area (Å²) in [6, 6.07) is 3.82. The van der Waals surface area contributed by atoms with E-state index in [0.717, 1.165) is 13.1 Å². The van der Waals surface area contributed by atoms with Crippen LogP contribution < -0.4 is 0 Å². The molecule has 0 fully saturated rings. The molecule has 2 rings (SSSR count). The van der Waals surface area contributed by atoms with Gasteiger partial charge in [0.2, 0.25) is 0 Å². The van der Waals surface area contributed by atoms with Crippen molar-refractivity contribution < 1.29 is 0 Å². The highest BCUT2D eigenvalue weighted by atomic mass is 35.5. The first-order valence-electron chi connectivity index (χ1n) is 4.52. The number of hydrogen-bond acceptors (Lipinski definition) is 2. The Morgan fingerprint density at radius 3 is 2.93 bits per heavy atom. The van der Waals surface area contributed by atoms with Crippen LogP contribution in [0.1, 0.15) is 5.56 Å². The van der Waals surface area contributed by atoms with E-state index in [1.165, 1.54) is 5.56 Å². The van der Waals surface area contributed by atoms with Gasteiger partial charge in [-0.15, -0.1) is 0 Å². The van der Waals surface area contributed by atoms with Crippen molar-refractivity contribution in [3.05, 3.63) is 53.5 Å². The predicted molar refractivity (Wildman–Crippen MR) is 57.9 cm³/mol. The molecule has 2 nitrogen and oxygen atoms in total. The topological polar surface area (TPSA) is 16.1 Å². The van der Waals surface area contributed by atoms with Gasteiger partial charge in [0.05, 0.1) is 0 Å². The number of aromatic nitrogens is 1. The van der Waals surface area contributed by atoms with Crippen molar-refractivity contribution in [3.8, 4) is 0 Å². The highest BCUT2D eigenvalue weighted by molar-refractivity contribution is 6.29. The van der Waals surface area contributed by atoms with E-state index >= 15 is 0 Å². The Bertz CT molecular complexity index is 354. The van der Waals surface area contributed by atoms with Gasteiger partial charge in [0.25, 0.3) is 0 Å². The maximum Gasteiger partial charge on any atom is 0.129 e. The Hall–Kier alpha value is -1.28. The van der Waals surface area contributed by atoms with E-state index in [-0.39, 0.29) is 0 Å². The molecular formula is C11H11ClN2. The number of pyridine rings is 1. The van der Waals surface area contributed by atoms with E-state index in [9.17, 15) is 0 Å². The van der Waals surface area contributed by atoms with E-state index < -0.39 is 0 Å². The fourth-order valence-corrected chi connectivity index (χ4v) is 1.47. The van der Waals surface area contributed by atoms with Crippen LogP contribution in [-0.4, -0.2) is 16.4 Å². The smallest absolute Gasteiger partial charge is 0.129 e.